The zero-order valence-electron chi connectivity index (χ0n) is 14.0. The van der Waals surface area contributed by atoms with Crippen LogP contribution in [0.15, 0.2) is 48.5 Å². The van der Waals surface area contributed by atoms with E-state index in [1.807, 2.05) is 0 Å². The Morgan fingerprint density at radius 3 is 2.27 bits per heavy atom. The van der Waals surface area contributed by atoms with Crippen molar-refractivity contribution in [2.75, 3.05) is 26.2 Å². The van der Waals surface area contributed by atoms with Crippen molar-refractivity contribution < 1.29 is 27.3 Å². The van der Waals surface area contributed by atoms with Crippen LogP contribution in [0.25, 0.3) is 0 Å². The first-order chi connectivity index (χ1) is 12.3. The summed E-state index contributed by atoms with van der Waals surface area (Å²) in [4.78, 5) is 15.3. The van der Waals surface area contributed by atoms with Gasteiger partial charge >= 0.3 is 6.18 Å². The number of carbonyl (C=O) groups excluding carboxylic acids is 1. The van der Waals surface area contributed by atoms with Gasteiger partial charge in [0.25, 0.3) is 5.91 Å². The van der Waals surface area contributed by atoms with Crippen LogP contribution in [0.2, 0.25) is 0 Å². The lowest BCUT2D eigenvalue weighted by atomic mass is 10.1. The van der Waals surface area contributed by atoms with Crippen LogP contribution in [0.1, 0.15) is 21.5 Å². The second-order valence-electron chi connectivity index (χ2n) is 6.42. The van der Waals surface area contributed by atoms with Gasteiger partial charge in [-0.1, -0.05) is 18.2 Å². The van der Waals surface area contributed by atoms with E-state index in [-0.39, 0.29) is 5.91 Å². The zero-order valence-corrected chi connectivity index (χ0v) is 14.0. The van der Waals surface area contributed by atoms with Crippen molar-refractivity contribution in [3.05, 3.63) is 71.0 Å². The second kappa shape index (κ2) is 7.45. The number of halogens is 4. The van der Waals surface area contributed by atoms with E-state index in [2.05, 4.69) is 0 Å². The van der Waals surface area contributed by atoms with Gasteiger partial charge in [-0.3, -0.25) is 4.79 Å². The number of nitrogens with one attached hydrogen (secondary N) is 1. The average Bonchev–Trinajstić information content (AvgIpc) is 2.61. The molecule has 7 heteroatoms. The maximum absolute atomic E-state index is 13.3. The molecule has 2 aromatic rings. The lowest BCUT2D eigenvalue weighted by Crippen LogP contribution is -3.13. The Morgan fingerprint density at radius 2 is 1.69 bits per heavy atom. The number of amides is 1. The van der Waals surface area contributed by atoms with Crippen LogP contribution in [0.3, 0.4) is 0 Å². The Labute approximate surface area is 148 Å². The lowest BCUT2D eigenvalue weighted by Gasteiger charge is -2.32. The number of quaternary nitrogens is 1. The first-order valence-electron chi connectivity index (χ1n) is 8.37. The van der Waals surface area contributed by atoms with E-state index < -0.39 is 17.6 Å². The number of hydrogen-bond acceptors (Lipinski definition) is 1. The Kier molecular flexibility index (Phi) is 5.27. The Morgan fingerprint density at radius 1 is 1.04 bits per heavy atom. The third kappa shape index (κ3) is 4.40. The quantitative estimate of drug-likeness (QED) is 0.828. The van der Waals surface area contributed by atoms with Crippen molar-refractivity contribution in [2.45, 2.75) is 12.7 Å². The van der Waals surface area contributed by atoms with Gasteiger partial charge in [0.2, 0.25) is 0 Å². The molecule has 26 heavy (non-hydrogen) atoms. The summed E-state index contributed by atoms with van der Waals surface area (Å²) in [6.45, 7) is 3.07. The summed E-state index contributed by atoms with van der Waals surface area (Å²) in [5.74, 6) is -0.638. The largest absolute Gasteiger partial charge is 0.416 e. The van der Waals surface area contributed by atoms with Gasteiger partial charge in [0, 0.05) is 11.1 Å². The molecule has 1 N–H and O–H groups in total. The fraction of sp³-hybridized carbons (Fsp3) is 0.316. The summed E-state index contributed by atoms with van der Waals surface area (Å²) in [5.41, 5.74) is 0.510. The van der Waals surface area contributed by atoms with E-state index in [0.29, 0.717) is 38.3 Å². The minimum absolute atomic E-state index is 0.196. The van der Waals surface area contributed by atoms with Gasteiger partial charge in [0.05, 0.1) is 31.7 Å². The summed E-state index contributed by atoms with van der Waals surface area (Å²) in [5, 5.41) is 0. The van der Waals surface area contributed by atoms with E-state index in [1.54, 1.807) is 11.0 Å². The zero-order chi connectivity index (χ0) is 18.7. The second-order valence-corrected chi connectivity index (χ2v) is 6.42. The van der Waals surface area contributed by atoms with Crippen molar-refractivity contribution in [1.29, 1.82) is 0 Å². The SMILES string of the molecule is O=C(c1cccc(F)c1)N1CC[NH+](Cc2ccc(C(F)(F)F)cc2)CC1. The molecule has 0 bridgehead atoms. The lowest BCUT2D eigenvalue weighted by molar-refractivity contribution is -0.917. The number of nitrogens with zero attached hydrogens (tertiary/aromatic N) is 1. The highest BCUT2D eigenvalue weighted by atomic mass is 19.4. The van der Waals surface area contributed by atoms with Gasteiger partial charge in [-0.2, -0.15) is 13.2 Å². The van der Waals surface area contributed by atoms with Gasteiger partial charge in [0.15, 0.2) is 0 Å². The summed E-state index contributed by atoms with van der Waals surface area (Å²) in [7, 11) is 0. The summed E-state index contributed by atoms with van der Waals surface area (Å²) >= 11 is 0. The smallest absolute Gasteiger partial charge is 0.328 e. The maximum Gasteiger partial charge on any atom is 0.416 e. The molecule has 0 unspecified atom stereocenters. The standard InChI is InChI=1S/C19H18F4N2O/c20-17-3-1-2-15(12-17)18(26)25-10-8-24(9-11-25)13-14-4-6-16(7-5-14)19(21,22)23/h1-7,12H,8-11,13H2/p+1. The van der Waals surface area contributed by atoms with Crippen molar-refractivity contribution in [1.82, 2.24) is 4.90 Å². The van der Waals surface area contributed by atoms with Gasteiger partial charge < -0.3 is 9.80 Å². The monoisotopic (exact) mass is 367 g/mol. The van der Waals surface area contributed by atoms with Gasteiger partial charge in [-0.05, 0) is 30.3 Å². The molecule has 0 atom stereocenters. The molecule has 1 fully saturated rings. The Hall–Kier alpha value is -2.41. The Balaban J connectivity index is 1.54. The van der Waals surface area contributed by atoms with Crippen LogP contribution >= 0.6 is 0 Å². The van der Waals surface area contributed by atoms with E-state index in [1.165, 1.54) is 35.2 Å². The number of piperazine rings is 1. The van der Waals surface area contributed by atoms with Crippen LogP contribution in [0.5, 0.6) is 0 Å². The van der Waals surface area contributed by atoms with Crippen LogP contribution in [-0.4, -0.2) is 37.0 Å². The minimum atomic E-state index is -4.33. The first-order valence-corrected chi connectivity index (χ1v) is 8.37. The van der Waals surface area contributed by atoms with E-state index in [9.17, 15) is 22.4 Å². The van der Waals surface area contributed by atoms with E-state index in [4.69, 9.17) is 0 Å². The molecule has 0 radical (unpaired) electrons. The molecule has 3 nitrogen and oxygen atoms in total. The molecular weight excluding hydrogens is 348 g/mol. The van der Waals surface area contributed by atoms with Crippen molar-refractivity contribution >= 4 is 5.91 Å². The first kappa shape index (κ1) is 18.4. The molecule has 138 valence electrons. The molecular formula is C19H19F4N2O+. The summed E-state index contributed by atoms with van der Waals surface area (Å²) < 4.78 is 51.0. The molecule has 1 heterocycles. The predicted molar refractivity (Wildman–Crippen MR) is 88.1 cm³/mol. The van der Waals surface area contributed by atoms with Crippen molar-refractivity contribution in [3.63, 3.8) is 0 Å². The fourth-order valence-electron chi connectivity index (χ4n) is 3.11. The van der Waals surface area contributed by atoms with Crippen LogP contribution in [0.4, 0.5) is 17.6 Å². The molecule has 0 saturated carbocycles. The summed E-state index contributed by atoms with van der Waals surface area (Å²) in [6, 6.07) is 10.8. The number of carbonyl (C=O) groups is 1. The topological polar surface area (TPSA) is 24.8 Å². The number of alkyl halides is 3. The predicted octanol–water partition coefficient (Wildman–Crippen LogP) is 2.39. The van der Waals surface area contributed by atoms with Gasteiger partial charge in [0.1, 0.15) is 12.4 Å². The number of hydrogen-bond donors (Lipinski definition) is 1. The van der Waals surface area contributed by atoms with Crippen LogP contribution in [-0.2, 0) is 12.7 Å². The molecule has 1 aliphatic rings. The Bertz CT molecular complexity index is 766. The molecule has 0 aromatic heterocycles. The molecule has 1 amide bonds. The molecule has 0 spiro atoms. The highest BCUT2D eigenvalue weighted by Gasteiger charge is 2.30. The summed E-state index contributed by atoms with van der Waals surface area (Å²) in [6.07, 6.45) is -4.33. The molecule has 1 aliphatic heterocycles. The third-order valence-electron chi connectivity index (χ3n) is 4.56. The minimum Gasteiger partial charge on any atom is -0.328 e. The third-order valence-corrected chi connectivity index (χ3v) is 4.56. The van der Waals surface area contributed by atoms with Gasteiger partial charge in [-0.25, -0.2) is 4.39 Å². The fourth-order valence-corrected chi connectivity index (χ4v) is 3.11. The highest BCUT2D eigenvalue weighted by molar-refractivity contribution is 5.94. The normalized spacial score (nSPS) is 15.9. The van der Waals surface area contributed by atoms with E-state index in [0.717, 1.165) is 17.7 Å². The molecule has 2 aromatic carbocycles. The maximum atomic E-state index is 13.3. The van der Waals surface area contributed by atoms with E-state index >= 15 is 0 Å². The molecule has 0 aliphatic carbocycles. The van der Waals surface area contributed by atoms with Crippen molar-refractivity contribution in [2.24, 2.45) is 0 Å². The molecule has 1 saturated heterocycles. The van der Waals surface area contributed by atoms with Crippen molar-refractivity contribution in [3.8, 4) is 0 Å². The van der Waals surface area contributed by atoms with Crippen LogP contribution < -0.4 is 4.90 Å². The highest BCUT2D eigenvalue weighted by Crippen LogP contribution is 2.28. The van der Waals surface area contributed by atoms with Gasteiger partial charge in [-0.15, -0.1) is 0 Å². The number of benzene rings is 2. The molecule has 3 rings (SSSR count). The number of rotatable bonds is 3. The average molecular weight is 367 g/mol. The van der Waals surface area contributed by atoms with Crippen LogP contribution in [0, 0.1) is 5.82 Å².